The number of hydrogen-bond acceptors (Lipinski definition) is 2. The van der Waals surface area contributed by atoms with E-state index in [9.17, 15) is 4.79 Å². The second-order valence-corrected chi connectivity index (χ2v) is 5.58. The number of carbonyl (C=O) groups excluding carboxylic acids is 1. The molecule has 88 valence electrons. The van der Waals surface area contributed by atoms with Crippen LogP contribution in [0.3, 0.4) is 0 Å². The third-order valence-electron chi connectivity index (χ3n) is 4.73. The molecule has 3 rings (SSSR count). The average Bonchev–Trinajstić information content (AvgIpc) is 2.07. The maximum Gasteiger partial charge on any atom is 0.303 e. The summed E-state index contributed by atoms with van der Waals surface area (Å²) in [5.41, 5.74) is 0.0398. The van der Waals surface area contributed by atoms with Crippen LogP contribution in [0.4, 0.5) is 0 Å². The quantitative estimate of drug-likeness (QED) is 0.626. The lowest BCUT2D eigenvalue weighted by atomic mass is 9.42. The normalized spacial score (nSPS) is 41.1. The SMILES string of the molecule is CC(=O)O[C@@]12C[C@@H](CCC1C)C2(C)C.O. The molecule has 3 aliphatic rings. The van der Waals surface area contributed by atoms with Crippen LogP contribution in [0.2, 0.25) is 0 Å². The van der Waals surface area contributed by atoms with Gasteiger partial charge in [-0.1, -0.05) is 20.8 Å². The molecule has 3 saturated carbocycles. The standard InChI is InChI=1S/C12H20O2.H2O/c1-8-5-6-10-7-12(8,11(10,3)4)14-9(2)13;/h8,10H,5-7H2,1-4H3;1H2/t8?,10-,12+;/m1./s1. The molecule has 0 aromatic heterocycles. The molecule has 1 unspecified atom stereocenters. The van der Waals surface area contributed by atoms with Gasteiger partial charge in [0.05, 0.1) is 0 Å². The van der Waals surface area contributed by atoms with Gasteiger partial charge in [0.1, 0.15) is 5.60 Å². The Morgan fingerprint density at radius 3 is 2.33 bits per heavy atom. The fraction of sp³-hybridized carbons (Fsp3) is 0.917. The highest BCUT2D eigenvalue weighted by Gasteiger charge is 2.67. The van der Waals surface area contributed by atoms with Crippen molar-refractivity contribution >= 4 is 5.97 Å². The van der Waals surface area contributed by atoms with Crippen LogP contribution in [0.1, 0.15) is 47.0 Å². The fourth-order valence-electron chi connectivity index (χ4n) is 3.61. The first-order valence-corrected chi connectivity index (χ1v) is 5.60. The molecule has 2 bridgehead atoms. The van der Waals surface area contributed by atoms with Gasteiger partial charge in [-0.2, -0.15) is 0 Å². The lowest BCUT2D eigenvalue weighted by Gasteiger charge is -2.66. The van der Waals surface area contributed by atoms with Crippen LogP contribution >= 0.6 is 0 Å². The van der Waals surface area contributed by atoms with Crippen LogP contribution in [0, 0.1) is 17.3 Å². The Hall–Kier alpha value is -0.570. The Labute approximate surface area is 91.5 Å². The summed E-state index contributed by atoms with van der Waals surface area (Å²) in [6.07, 6.45) is 3.60. The summed E-state index contributed by atoms with van der Waals surface area (Å²) in [4.78, 5) is 11.2. The molecular formula is C12H22O3. The fourth-order valence-corrected chi connectivity index (χ4v) is 3.61. The number of fused-ring (bicyclic) bond motifs is 2. The second-order valence-electron chi connectivity index (χ2n) is 5.58. The van der Waals surface area contributed by atoms with Gasteiger partial charge in [0.15, 0.2) is 0 Å². The van der Waals surface area contributed by atoms with Gasteiger partial charge in [-0.25, -0.2) is 0 Å². The zero-order valence-electron chi connectivity index (χ0n) is 10.1. The molecule has 3 fully saturated rings. The molecule has 0 aromatic carbocycles. The van der Waals surface area contributed by atoms with Crippen molar-refractivity contribution in [3.63, 3.8) is 0 Å². The first kappa shape index (κ1) is 12.5. The third-order valence-corrected chi connectivity index (χ3v) is 4.73. The summed E-state index contributed by atoms with van der Waals surface area (Å²) < 4.78 is 5.63. The van der Waals surface area contributed by atoms with Crippen molar-refractivity contribution in [1.82, 2.24) is 0 Å². The van der Waals surface area contributed by atoms with Gasteiger partial charge in [0.25, 0.3) is 0 Å². The molecule has 3 nitrogen and oxygen atoms in total. The average molecular weight is 214 g/mol. The number of ether oxygens (including phenoxy) is 1. The first-order valence-electron chi connectivity index (χ1n) is 5.60. The van der Waals surface area contributed by atoms with Gasteiger partial charge in [-0.3, -0.25) is 4.79 Å². The van der Waals surface area contributed by atoms with Gasteiger partial charge in [-0.05, 0) is 31.1 Å². The van der Waals surface area contributed by atoms with Crippen molar-refractivity contribution in [3.8, 4) is 0 Å². The molecule has 0 aliphatic heterocycles. The summed E-state index contributed by atoms with van der Waals surface area (Å²) in [5, 5.41) is 0. The monoisotopic (exact) mass is 214 g/mol. The highest BCUT2D eigenvalue weighted by Crippen LogP contribution is 2.65. The van der Waals surface area contributed by atoms with Crippen molar-refractivity contribution < 1.29 is 15.0 Å². The first-order chi connectivity index (χ1) is 6.40. The van der Waals surface area contributed by atoms with E-state index in [1.807, 2.05) is 0 Å². The molecular weight excluding hydrogens is 192 g/mol. The predicted molar refractivity (Wildman–Crippen MR) is 58.4 cm³/mol. The summed E-state index contributed by atoms with van der Waals surface area (Å²) in [5.74, 6) is 1.16. The van der Waals surface area contributed by atoms with Crippen molar-refractivity contribution in [2.45, 2.75) is 52.6 Å². The molecule has 0 saturated heterocycles. The number of carbonyl (C=O) groups is 1. The van der Waals surface area contributed by atoms with Gasteiger partial charge in [-0.15, -0.1) is 0 Å². The van der Waals surface area contributed by atoms with Gasteiger partial charge >= 0.3 is 5.97 Å². The number of hydrogen-bond donors (Lipinski definition) is 0. The summed E-state index contributed by atoms with van der Waals surface area (Å²) in [7, 11) is 0. The van der Waals surface area contributed by atoms with Crippen molar-refractivity contribution in [2.24, 2.45) is 17.3 Å². The number of rotatable bonds is 1. The topological polar surface area (TPSA) is 57.8 Å². The maximum atomic E-state index is 11.2. The van der Waals surface area contributed by atoms with E-state index in [1.165, 1.54) is 19.8 Å². The van der Waals surface area contributed by atoms with Crippen LogP contribution in [-0.2, 0) is 9.53 Å². The zero-order chi connectivity index (χ0) is 10.6. The second kappa shape index (κ2) is 3.48. The Kier molecular flexibility index (Phi) is 2.90. The maximum absolute atomic E-state index is 11.2. The van der Waals surface area contributed by atoms with E-state index in [0.717, 1.165) is 12.3 Å². The van der Waals surface area contributed by atoms with Crippen LogP contribution < -0.4 is 0 Å². The largest absolute Gasteiger partial charge is 0.458 e. The van der Waals surface area contributed by atoms with Crippen LogP contribution in [0.25, 0.3) is 0 Å². The van der Waals surface area contributed by atoms with Crippen LogP contribution in [0.5, 0.6) is 0 Å². The molecule has 0 radical (unpaired) electrons. The highest BCUT2D eigenvalue weighted by atomic mass is 16.6. The molecule has 3 aliphatic carbocycles. The van der Waals surface area contributed by atoms with E-state index >= 15 is 0 Å². The molecule has 0 heterocycles. The Morgan fingerprint density at radius 1 is 1.33 bits per heavy atom. The smallest absolute Gasteiger partial charge is 0.303 e. The molecule has 0 aromatic rings. The van der Waals surface area contributed by atoms with Crippen LogP contribution in [0.15, 0.2) is 0 Å². The minimum absolute atomic E-state index is 0. The third kappa shape index (κ3) is 1.40. The van der Waals surface area contributed by atoms with Gasteiger partial charge in [0, 0.05) is 12.3 Å². The van der Waals surface area contributed by atoms with E-state index in [4.69, 9.17) is 4.74 Å². The van der Waals surface area contributed by atoms with E-state index in [1.54, 1.807) is 0 Å². The molecule has 15 heavy (non-hydrogen) atoms. The van der Waals surface area contributed by atoms with E-state index < -0.39 is 0 Å². The van der Waals surface area contributed by atoms with Crippen LogP contribution in [-0.4, -0.2) is 17.0 Å². The van der Waals surface area contributed by atoms with E-state index in [-0.39, 0.29) is 22.5 Å². The van der Waals surface area contributed by atoms with E-state index in [2.05, 4.69) is 20.8 Å². The van der Waals surface area contributed by atoms with Crippen molar-refractivity contribution in [2.75, 3.05) is 0 Å². The Morgan fingerprint density at radius 2 is 1.93 bits per heavy atom. The van der Waals surface area contributed by atoms with Crippen molar-refractivity contribution in [3.05, 3.63) is 0 Å². The molecule has 0 spiro atoms. The van der Waals surface area contributed by atoms with Gasteiger partial charge < -0.3 is 10.2 Å². The summed E-state index contributed by atoms with van der Waals surface area (Å²) in [6.45, 7) is 8.25. The summed E-state index contributed by atoms with van der Waals surface area (Å²) in [6, 6.07) is 0. The zero-order valence-corrected chi connectivity index (χ0v) is 10.1. The minimum Gasteiger partial charge on any atom is -0.458 e. The lowest BCUT2D eigenvalue weighted by molar-refractivity contribution is -0.265. The van der Waals surface area contributed by atoms with E-state index in [0.29, 0.717) is 5.92 Å². The molecule has 3 atom stereocenters. The molecule has 2 N–H and O–H groups in total. The Bertz CT molecular complexity index is 272. The summed E-state index contributed by atoms with van der Waals surface area (Å²) >= 11 is 0. The molecule has 3 heteroatoms. The van der Waals surface area contributed by atoms with Gasteiger partial charge in [0.2, 0.25) is 0 Å². The number of esters is 1. The van der Waals surface area contributed by atoms with Crippen molar-refractivity contribution in [1.29, 1.82) is 0 Å². The molecule has 0 amide bonds. The minimum atomic E-state index is -0.151. The Balaban J connectivity index is 0.00000112. The highest BCUT2D eigenvalue weighted by molar-refractivity contribution is 5.67. The predicted octanol–water partition coefficient (Wildman–Crippen LogP) is 1.94. The lowest BCUT2D eigenvalue weighted by Crippen LogP contribution is -2.68.